The van der Waals surface area contributed by atoms with Gasteiger partial charge in [-0.2, -0.15) is 0 Å². The molecular weight excluding hydrogens is 261 g/mol. The van der Waals surface area contributed by atoms with E-state index in [0.29, 0.717) is 0 Å². The molecule has 1 atom stereocenters. The van der Waals surface area contributed by atoms with Gasteiger partial charge in [0.05, 0.1) is 5.02 Å². The highest BCUT2D eigenvalue weighted by Crippen LogP contribution is 2.23. The third-order valence-electron chi connectivity index (χ3n) is 3.22. The van der Waals surface area contributed by atoms with Gasteiger partial charge >= 0.3 is 0 Å². The van der Waals surface area contributed by atoms with E-state index in [2.05, 4.69) is 36.5 Å². The number of benzene rings is 2. The first-order valence-electron chi connectivity index (χ1n) is 6.28. The highest BCUT2D eigenvalue weighted by Gasteiger charge is 2.12. The molecular formula is C16H17ClFN. The molecule has 0 aliphatic carbocycles. The minimum absolute atomic E-state index is 0.125. The predicted octanol–water partition coefficient (Wildman–Crippen LogP) is 4.29. The molecule has 0 aromatic heterocycles. The second-order valence-corrected chi connectivity index (χ2v) is 5.12. The molecule has 0 aliphatic heterocycles. The van der Waals surface area contributed by atoms with Gasteiger partial charge in [0.25, 0.3) is 0 Å². The van der Waals surface area contributed by atoms with E-state index in [4.69, 9.17) is 11.6 Å². The summed E-state index contributed by atoms with van der Waals surface area (Å²) in [6.45, 7) is 2.08. The van der Waals surface area contributed by atoms with E-state index in [1.54, 1.807) is 12.1 Å². The topological polar surface area (TPSA) is 12.0 Å². The summed E-state index contributed by atoms with van der Waals surface area (Å²) in [7, 11) is 1.90. The van der Waals surface area contributed by atoms with Crippen molar-refractivity contribution in [2.24, 2.45) is 0 Å². The van der Waals surface area contributed by atoms with Crippen molar-refractivity contribution in [3.63, 3.8) is 0 Å². The van der Waals surface area contributed by atoms with Crippen LogP contribution >= 0.6 is 11.6 Å². The molecule has 100 valence electrons. The number of hydrogen-bond donors (Lipinski definition) is 1. The lowest BCUT2D eigenvalue weighted by Crippen LogP contribution is -2.19. The molecule has 2 aromatic carbocycles. The van der Waals surface area contributed by atoms with Crippen molar-refractivity contribution in [1.82, 2.24) is 5.32 Å². The van der Waals surface area contributed by atoms with Crippen LogP contribution < -0.4 is 5.32 Å². The van der Waals surface area contributed by atoms with Crippen molar-refractivity contribution in [2.45, 2.75) is 19.4 Å². The van der Waals surface area contributed by atoms with Crippen molar-refractivity contribution < 1.29 is 4.39 Å². The Bertz CT molecular complexity index is 568. The molecule has 1 N–H and O–H groups in total. The first-order chi connectivity index (χ1) is 9.10. The summed E-state index contributed by atoms with van der Waals surface area (Å²) in [5.41, 5.74) is 3.49. The zero-order valence-corrected chi connectivity index (χ0v) is 11.8. The molecule has 1 nitrogen and oxygen atoms in total. The zero-order valence-electron chi connectivity index (χ0n) is 11.1. The smallest absolute Gasteiger partial charge is 0.141 e. The number of likely N-dealkylation sites (N-methyl/N-ethyl adjacent to an activating group) is 1. The van der Waals surface area contributed by atoms with Crippen LogP contribution in [-0.4, -0.2) is 7.05 Å². The largest absolute Gasteiger partial charge is 0.313 e. The Hall–Kier alpha value is -1.38. The van der Waals surface area contributed by atoms with Crippen molar-refractivity contribution >= 4 is 11.6 Å². The van der Waals surface area contributed by atoms with Crippen LogP contribution in [0.15, 0.2) is 42.5 Å². The minimum Gasteiger partial charge on any atom is -0.313 e. The Labute approximate surface area is 118 Å². The number of halogens is 2. The van der Waals surface area contributed by atoms with Gasteiger partial charge in [-0.25, -0.2) is 4.39 Å². The number of hydrogen-bond acceptors (Lipinski definition) is 1. The van der Waals surface area contributed by atoms with Crippen LogP contribution in [0.25, 0.3) is 0 Å². The van der Waals surface area contributed by atoms with Crippen molar-refractivity contribution in [1.29, 1.82) is 0 Å². The van der Waals surface area contributed by atoms with Gasteiger partial charge in [0.1, 0.15) is 5.82 Å². The summed E-state index contributed by atoms with van der Waals surface area (Å²) in [5, 5.41) is 3.42. The fourth-order valence-electron chi connectivity index (χ4n) is 2.19. The molecule has 2 aromatic rings. The summed E-state index contributed by atoms with van der Waals surface area (Å²) in [6.07, 6.45) is 0.847. The lowest BCUT2D eigenvalue weighted by molar-refractivity contribution is 0.586. The molecule has 19 heavy (non-hydrogen) atoms. The number of aryl methyl sites for hydroxylation is 1. The van der Waals surface area contributed by atoms with E-state index in [1.807, 2.05) is 7.05 Å². The molecule has 0 radical (unpaired) electrons. The lowest BCUT2D eigenvalue weighted by Gasteiger charge is -2.17. The van der Waals surface area contributed by atoms with Gasteiger partial charge in [-0.15, -0.1) is 0 Å². The Morgan fingerprint density at radius 1 is 1.21 bits per heavy atom. The van der Waals surface area contributed by atoms with Crippen molar-refractivity contribution in [2.75, 3.05) is 7.05 Å². The van der Waals surface area contributed by atoms with E-state index in [9.17, 15) is 4.39 Å². The Kier molecular flexibility index (Phi) is 4.56. The first kappa shape index (κ1) is 14.0. The summed E-state index contributed by atoms with van der Waals surface area (Å²) in [4.78, 5) is 0. The fraction of sp³-hybridized carbons (Fsp3) is 0.250. The van der Waals surface area contributed by atoms with Crippen LogP contribution in [0.2, 0.25) is 5.02 Å². The Morgan fingerprint density at radius 2 is 2.00 bits per heavy atom. The second kappa shape index (κ2) is 6.18. The lowest BCUT2D eigenvalue weighted by atomic mass is 9.98. The van der Waals surface area contributed by atoms with E-state index >= 15 is 0 Å². The van der Waals surface area contributed by atoms with E-state index < -0.39 is 0 Å². The Morgan fingerprint density at radius 3 is 2.63 bits per heavy atom. The molecule has 1 unspecified atom stereocenters. The van der Waals surface area contributed by atoms with Crippen LogP contribution in [0.4, 0.5) is 4.39 Å². The van der Waals surface area contributed by atoms with Gasteiger partial charge in [0, 0.05) is 6.04 Å². The molecule has 0 fully saturated rings. The van der Waals surface area contributed by atoms with Crippen molar-refractivity contribution in [3.8, 4) is 0 Å². The summed E-state index contributed by atoms with van der Waals surface area (Å²) >= 11 is 5.84. The first-order valence-corrected chi connectivity index (χ1v) is 6.65. The Balaban J connectivity index is 2.22. The van der Waals surface area contributed by atoms with Crippen LogP contribution in [-0.2, 0) is 6.42 Å². The molecule has 0 amide bonds. The zero-order chi connectivity index (χ0) is 13.8. The molecule has 0 saturated heterocycles. The predicted molar refractivity (Wildman–Crippen MR) is 78.1 cm³/mol. The minimum atomic E-state index is -0.379. The normalized spacial score (nSPS) is 12.4. The highest BCUT2D eigenvalue weighted by molar-refractivity contribution is 6.30. The van der Waals surface area contributed by atoms with Crippen LogP contribution in [0.3, 0.4) is 0 Å². The van der Waals surface area contributed by atoms with Gasteiger partial charge in [0.2, 0.25) is 0 Å². The van der Waals surface area contributed by atoms with E-state index in [1.165, 1.54) is 17.2 Å². The SMILES string of the molecule is CNC(Cc1cccc(C)c1)c1ccc(F)c(Cl)c1. The maximum absolute atomic E-state index is 13.2. The van der Waals surface area contributed by atoms with E-state index in [0.717, 1.165) is 12.0 Å². The summed E-state index contributed by atoms with van der Waals surface area (Å²) in [5.74, 6) is -0.379. The molecule has 3 heteroatoms. The molecule has 0 bridgehead atoms. The van der Waals surface area contributed by atoms with E-state index in [-0.39, 0.29) is 16.9 Å². The van der Waals surface area contributed by atoms with Gasteiger partial charge < -0.3 is 5.32 Å². The van der Waals surface area contributed by atoms with Crippen LogP contribution in [0.1, 0.15) is 22.7 Å². The van der Waals surface area contributed by atoms with Crippen LogP contribution in [0.5, 0.6) is 0 Å². The molecule has 2 rings (SSSR count). The fourth-order valence-corrected chi connectivity index (χ4v) is 2.38. The molecule has 0 saturated carbocycles. The average Bonchev–Trinajstić information content (AvgIpc) is 2.39. The molecule has 0 heterocycles. The van der Waals surface area contributed by atoms with Crippen LogP contribution in [0, 0.1) is 12.7 Å². The summed E-state index contributed by atoms with van der Waals surface area (Å²) < 4.78 is 13.2. The van der Waals surface area contributed by atoms with Crippen molar-refractivity contribution in [3.05, 3.63) is 70.0 Å². The summed E-state index contributed by atoms with van der Waals surface area (Å²) in [6, 6.07) is 13.4. The van der Waals surface area contributed by atoms with Gasteiger partial charge in [0.15, 0.2) is 0 Å². The maximum atomic E-state index is 13.2. The third-order valence-corrected chi connectivity index (χ3v) is 3.51. The van der Waals surface area contributed by atoms with Gasteiger partial charge in [-0.1, -0.05) is 47.5 Å². The number of rotatable bonds is 4. The van der Waals surface area contributed by atoms with Gasteiger partial charge in [-0.05, 0) is 43.7 Å². The third kappa shape index (κ3) is 3.55. The van der Waals surface area contributed by atoms with Gasteiger partial charge in [-0.3, -0.25) is 0 Å². The highest BCUT2D eigenvalue weighted by atomic mass is 35.5. The quantitative estimate of drug-likeness (QED) is 0.879. The molecule has 0 aliphatic rings. The average molecular weight is 278 g/mol. The maximum Gasteiger partial charge on any atom is 0.141 e. The number of nitrogens with one attached hydrogen (secondary N) is 1. The molecule has 0 spiro atoms. The monoisotopic (exact) mass is 277 g/mol. The standard InChI is InChI=1S/C16H17ClFN/c1-11-4-3-5-12(8-11)9-16(19-2)13-6-7-15(18)14(17)10-13/h3-8,10,16,19H,9H2,1-2H3. The second-order valence-electron chi connectivity index (χ2n) is 4.71.